The molecule has 124 valence electrons. The van der Waals surface area contributed by atoms with Gasteiger partial charge in [0.25, 0.3) is 0 Å². The second-order valence-electron chi connectivity index (χ2n) is 6.57. The van der Waals surface area contributed by atoms with Gasteiger partial charge >= 0.3 is 0 Å². The molecule has 1 atom stereocenters. The fourth-order valence-corrected chi connectivity index (χ4v) is 2.76. The summed E-state index contributed by atoms with van der Waals surface area (Å²) in [4.78, 5) is 9.28. The Labute approximate surface area is 138 Å². The summed E-state index contributed by atoms with van der Waals surface area (Å²) in [5.41, 5.74) is 7.68. The summed E-state index contributed by atoms with van der Waals surface area (Å²) in [7, 11) is 2.18. The number of guanidine groups is 1. The summed E-state index contributed by atoms with van der Waals surface area (Å²) >= 11 is 0. The first-order valence-electron chi connectivity index (χ1n) is 8.10. The molecule has 6 nitrogen and oxygen atoms in total. The Bertz CT molecular complexity index is 582. The van der Waals surface area contributed by atoms with Crippen molar-refractivity contribution in [2.45, 2.75) is 19.1 Å². The van der Waals surface area contributed by atoms with Crippen molar-refractivity contribution in [2.75, 3.05) is 38.5 Å². The molecule has 0 bridgehead atoms. The number of hydrogen-bond acceptors (Lipinski definition) is 6. The van der Waals surface area contributed by atoms with E-state index in [1.165, 1.54) is 5.56 Å². The summed E-state index contributed by atoms with van der Waals surface area (Å²) in [6.07, 6.45) is 3.65. The molecule has 2 heterocycles. The van der Waals surface area contributed by atoms with Gasteiger partial charge in [-0.2, -0.15) is 0 Å². The number of nitrogens with zero attached hydrogens (tertiary/aromatic N) is 3. The molecule has 1 fully saturated rings. The average Bonchev–Trinajstić information content (AvgIpc) is 2.51. The lowest BCUT2D eigenvalue weighted by molar-refractivity contribution is 0.148. The molecule has 2 aliphatic heterocycles. The van der Waals surface area contributed by atoms with Crippen molar-refractivity contribution >= 4 is 11.6 Å². The molecule has 0 aromatic heterocycles. The molecule has 1 aromatic carbocycles. The SMILES string of the molecule is CN1CCN(Cc2ccc(NC3=NC(C)(N)C=CN3)cc2)CC1. The monoisotopic (exact) mass is 314 g/mol. The third-order valence-electron chi connectivity index (χ3n) is 4.21. The first kappa shape index (κ1) is 16.0. The quantitative estimate of drug-likeness (QED) is 0.776. The lowest BCUT2D eigenvalue weighted by Crippen LogP contribution is -2.43. The van der Waals surface area contributed by atoms with Crippen molar-refractivity contribution in [3.63, 3.8) is 0 Å². The molecular weight excluding hydrogens is 288 g/mol. The van der Waals surface area contributed by atoms with Gasteiger partial charge < -0.3 is 21.3 Å². The highest BCUT2D eigenvalue weighted by molar-refractivity contribution is 5.95. The molecule has 3 rings (SSSR count). The van der Waals surface area contributed by atoms with Crippen LogP contribution in [0.3, 0.4) is 0 Å². The molecular formula is C17H26N6. The minimum absolute atomic E-state index is 0.658. The minimum Gasteiger partial charge on any atom is -0.333 e. The van der Waals surface area contributed by atoms with E-state index < -0.39 is 5.66 Å². The van der Waals surface area contributed by atoms with Crippen molar-refractivity contribution in [3.8, 4) is 0 Å². The first-order chi connectivity index (χ1) is 11.0. The molecule has 0 radical (unpaired) electrons. The van der Waals surface area contributed by atoms with Crippen LogP contribution in [0.5, 0.6) is 0 Å². The van der Waals surface area contributed by atoms with E-state index in [2.05, 4.69) is 56.7 Å². The number of piperazine rings is 1. The number of anilines is 1. The first-order valence-corrected chi connectivity index (χ1v) is 8.10. The van der Waals surface area contributed by atoms with E-state index >= 15 is 0 Å². The number of nitrogens with one attached hydrogen (secondary N) is 2. The standard InChI is InChI=1S/C17H26N6/c1-17(18)7-8-19-16(21-17)20-15-5-3-14(4-6-15)13-23-11-9-22(2)10-12-23/h3-8H,9-13,18H2,1-2H3,(H2,19,20,21). The molecule has 4 N–H and O–H groups in total. The zero-order valence-electron chi connectivity index (χ0n) is 13.9. The number of likely N-dealkylation sites (N-methyl/N-ethyl adjacent to an activating group) is 1. The highest BCUT2D eigenvalue weighted by Gasteiger charge is 2.17. The van der Waals surface area contributed by atoms with Crippen molar-refractivity contribution < 1.29 is 0 Å². The van der Waals surface area contributed by atoms with Gasteiger partial charge in [0.2, 0.25) is 5.96 Å². The third kappa shape index (κ3) is 4.54. The van der Waals surface area contributed by atoms with Crippen LogP contribution >= 0.6 is 0 Å². The van der Waals surface area contributed by atoms with Crippen LogP contribution in [0.2, 0.25) is 0 Å². The lowest BCUT2D eigenvalue weighted by atomic mass is 10.1. The summed E-state index contributed by atoms with van der Waals surface area (Å²) in [5, 5.41) is 6.33. The Morgan fingerprint density at radius 3 is 2.57 bits per heavy atom. The fourth-order valence-electron chi connectivity index (χ4n) is 2.76. The van der Waals surface area contributed by atoms with Crippen molar-refractivity contribution in [1.82, 2.24) is 15.1 Å². The van der Waals surface area contributed by atoms with E-state index in [9.17, 15) is 0 Å². The summed E-state index contributed by atoms with van der Waals surface area (Å²) in [5.74, 6) is 0.671. The zero-order valence-corrected chi connectivity index (χ0v) is 13.9. The van der Waals surface area contributed by atoms with Gasteiger partial charge in [0.1, 0.15) is 5.66 Å². The Morgan fingerprint density at radius 1 is 1.22 bits per heavy atom. The van der Waals surface area contributed by atoms with Gasteiger partial charge in [-0.15, -0.1) is 0 Å². The molecule has 0 spiro atoms. The van der Waals surface area contributed by atoms with E-state index in [1.807, 2.05) is 19.2 Å². The maximum absolute atomic E-state index is 6.00. The van der Waals surface area contributed by atoms with Gasteiger partial charge in [-0.25, -0.2) is 4.99 Å². The predicted molar refractivity (Wildman–Crippen MR) is 95.1 cm³/mol. The molecule has 2 aliphatic rings. The van der Waals surface area contributed by atoms with E-state index in [-0.39, 0.29) is 0 Å². The predicted octanol–water partition coefficient (Wildman–Crippen LogP) is 0.994. The number of benzene rings is 1. The van der Waals surface area contributed by atoms with Gasteiger partial charge in [0.15, 0.2) is 0 Å². The van der Waals surface area contributed by atoms with Crippen LogP contribution in [0, 0.1) is 0 Å². The molecule has 0 amide bonds. The smallest absolute Gasteiger partial charge is 0.202 e. The van der Waals surface area contributed by atoms with Crippen LogP contribution in [-0.2, 0) is 6.54 Å². The number of aliphatic imine (C=N–C) groups is 1. The molecule has 0 aliphatic carbocycles. The topological polar surface area (TPSA) is 68.9 Å². The molecule has 0 saturated carbocycles. The second kappa shape index (κ2) is 6.70. The number of hydrogen-bond donors (Lipinski definition) is 3. The summed E-state index contributed by atoms with van der Waals surface area (Å²) in [6, 6.07) is 8.51. The number of rotatable bonds is 3. The van der Waals surface area contributed by atoms with Crippen LogP contribution in [0.4, 0.5) is 5.69 Å². The van der Waals surface area contributed by atoms with Gasteiger partial charge in [-0.05, 0) is 37.7 Å². The molecule has 23 heavy (non-hydrogen) atoms. The highest BCUT2D eigenvalue weighted by atomic mass is 15.2. The van der Waals surface area contributed by atoms with Gasteiger partial charge in [0, 0.05) is 44.6 Å². The minimum atomic E-state index is -0.658. The van der Waals surface area contributed by atoms with Gasteiger partial charge in [0.05, 0.1) is 0 Å². The summed E-state index contributed by atoms with van der Waals surface area (Å²) in [6.45, 7) is 7.45. The second-order valence-corrected chi connectivity index (χ2v) is 6.57. The van der Waals surface area contributed by atoms with Crippen molar-refractivity contribution in [2.24, 2.45) is 10.7 Å². The van der Waals surface area contributed by atoms with E-state index in [1.54, 1.807) is 0 Å². The molecule has 1 unspecified atom stereocenters. The van der Waals surface area contributed by atoms with Crippen LogP contribution in [0.1, 0.15) is 12.5 Å². The van der Waals surface area contributed by atoms with Gasteiger partial charge in [-0.1, -0.05) is 12.1 Å². The zero-order chi connectivity index (χ0) is 16.3. The summed E-state index contributed by atoms with van der Waals surface area (Å²) < 4.78 is 0. The Balaban J connectivity index is 1.56. The fraction of sp³-hybridized carbons (Fsp3) is 0.471. The van der Waals surface area contributed by atoms with Crippen LogP contribution in [0.15, 0.2) is 41.5 Å². The molecule has 1 saturated heterocycles. The van der Waals surface area contributed by atoms with Crippen LogP contribution < -0.4 is 16.4 Å². The average molecular weight is 314 g/mol. The number of nitrogens with two attached hydrogens (primary N) is 1. The Morgan fingerprint density at radius 2 is 1.91 bits per heavy atom. The molecule has 6 heteroatoms. The lowest BCUT2D eigenvalue weighted by Gasteiger charge is -2.32. The van der Waals surface area contributed by atoms with Crippen molar-refractivity contribution in [3.05, 3.63) is 42.1 Å². The van der Waals surface area contributed by atoms with E-state index in [4.69, 9.17) is 5.73 Å². The highest BCUT2D eigenvalue weighted by Crippen LogP contribution is 2.14. The maximum Gasteiger partial charge on any atom is 0.202 e. The normalized spacial score (nSPS) is 25.8. The van der Waals surface area contributed by atoms with E-state index in [0.29, 0.717) is 5.96 Å². The van der Waals surface area contributed by atoms with Crippen LogP contribution in [0.25, 0.3) is 0 Å². The van der Waals surface area contributed by atoms with Gasteiger partial charge in [-0.3, -0.25) is 4.90 Å². The Hall–Kier alpha value is -1.89. The molecule has 1 aromatic rings. The Kier molecular flexibility index (Phi) is 4.66. The third-order valence-corrected chi connectivity index (χ3v) is 4.21. The maximum atomic E-state index is 6.00. The van der Waals surface area contributed by atoms with E-state index in [0.717, 1.165) is 38.4 Å². The van der Waals surface area contributed by atoms with Crippen molar-refractivity contribution in [1.29, 1.82) is 0 Å². The van der Waals surface area contributed by atoms with Crippen LogP contribution in [-0.4, -0.2) is 54.6 Å². The largest absolute Gasteiger partial charge is 0.333 e.